The number of ketones is 1. The molecule has 4 rings (SSSR count). The minimum atomic E-state index is -1.86. The molecule has 0 aliphatic carbocycles. The van der Waals surface area contributed by atoms with E-state index in [2.05, 4.69) is 26.0 Å². The van der Waals surface area contributed by atoms with Gasteiger partial charge in [0.1, 0.15) is 18.4 Å². The van der Waals surface area contributed by atoms with Crippen molar-refractivity contribution < 1.29 is 14.6 Å². The Hall–Kier alpha value is -1.93. The minimum Gasteiger partial charge on any atom is -0.455 e. The average molecular weight is 455 g/mol. The molecule has 1 aromatic heterocycles. The van der Waals surface area contributed by atoms with Crippen LogP contribution in [0.15, 0.2) is 53.5 Å². The van der Waals surface area contributed by atoms with Crippen molar-refractivity contribution in [3.05, 3.63) is 74.7 Å². The number of rotatable bonds is 3. The number of benzene rings is 2. The van der Waals surface area contributed by atoms with E-state index in [1.54, 1.807) is 24.3 Å². The molecule has 0 fully saturated rings. The number of carbonyl (C=O) groups is 1. The molecule has 2 aromatic carbocycles. The summed E-state index contributed by atoms with van der Waals surface area (Å²) in [6, 6.07) is 9.59. The number of halogens is 3. The van der Waals surface area contributed by atoms with Gasteiger partial charge >= 0.3 is 0 Å². The molecule has 6 nitrogen and oxygen atoms in total. The summed E-state index contributed by atoms with van der Waals surface area (Å²) in [7, 11) is 0. The molecule has 2 atom stereocenters. The Labute approximate surface area is 166 Å². The highest BCUT2D eigenvalue weighted by atomic mass is 79.9. The molecular formula is C17H10BrCl2N3O3. The number of ether oxygens (including phenoxy) is 1. The zero-order chi connectivity index (χ0) is 18.5. The SMILES string of the molecule is O=C(c1ccc(Cl)cc1Cl)[C@@]1(n2cncn2)Oc2ccc(Br)cc2[C@H]1O. The van der Waals surface area contributed by atoms with Gasteiger partial charge in [0.25, 0.3) is 5.72 Å². The van der Waals surface area contributed by atoms with Crippen LogP contribution in [0.4, 0.5) is 0 Å². The van der Waals surface area contributed by atoms with Crippen LogP contribution in [0, 0.1) is 0 Å². The predicted molar refractivity (Wildman–Crippen MR) is 98.5 cm³/mol. The number of hydrogen-bond acceptors (Lipinski definition) is 5. The molecule has 0 radical (unpaired) electrons. The third-order valence-corrected chi connectivity index (χ3v) is 5.20. The van der Waals surface area contributed by atoms with E-state index in [1.165, 1.54) is 29.5 Å². The molecule has 0 amide bonds. The lowest BCUT2D eigenvalue weighted by Gasteiger charge is -2.30. The van der Waals surface area contributed by atoms with Gasteiger partial charge in [-0.05, 0) is 36.4 Å². The number of hydrogen-bond donors (Lipinski definition) is 1. The second kappa shape index (κ2) is 6.35. The van der Waals surface area contributed by atoms with E-state index in [-0.39, 0.29) is 10.6 Å². The zero-order valence-electron chi connectivity index (χ0n) is 12.9. The van der Waals surface area contributed by atoms with Gasteiger partial charge in [0, 0.05) is 20.6 Å². The summed E-state index contributed by atoms with van der Waals surface area (Å²) < 4.78 is 7.89. The summed E-state index contributed by atoms with van der Waals surface area (Å²) in [4.78, 5) is 17.3. The molecule has 0 spiro atoms. The van der Waals surface area contributed by atoms with Crippen LogP contribution in [0.2, 0.25) is 10.0 Å². The van der Waals surface area contributed by atoms with Crippen LogP contribution in [-0.4, -0.2) is 25.7 Å². The van der Waals surface area contributed by atoms with Gasteiger partial charge in [-0.3, -0.25) is 4.79 Å². The first-order chi connectivity index (χ1) is 12.4. The maximum Gasteiger partial charge on any atom is 0.296 e. The lowest BCUT2D eigenvalue weighted by Crippen LogP contribution is -2.49. The summed E-state index contributed by atoms with van der Waals surface area (Å²) in [5, 5.41) is 15.6. The van der Waals surface area contributed by atoms with E-state index < -0.39 is 17.6 Å². The fraction of sp³-hybridized carbons (Fsp3) is 0.118. The maximum absolute atomic E-state index is 13.5. The standard InChI is InChI=1S/C17H10BrCl2N3O3/c18-9-1-4-14-12(5-9)16(25)17(26-14,23-8-21-7-22-23)15(24)11-3-2-10(19)6-13(11)20/h1-8,16,25H/t16-,17-/m1/s1. The quantitative estimate of drug-likeness (QED) is 0.605. The molecule has 3 aromatic rings. The number of aliphatic hydroxyl groups is 1. The normalized spacial score (nSPS) is 21.3. The topological polar surface area (TPSA) is 77.2 Å². The fourth-order valence-electron chi connectivity index (χ4n) is 2.95. The van der Waals surface area contributed by atoms with Crippen molar-refractivity contribution in [2.45, 2.75) is 11.8 Å². The first-order valence-electron chi connectivity index (χ1n) is 7.45. The van der Waals surface area contributed by atoms with Crippen molar-refractivity contribution in [2.75, 3.05) is 0 Å². The van der Waals surface area contributed by atoms with Gasteiger partial charge in [-0.1, -0.05) is 39.1 Å². The fourth-order valence-corrected chi connectivity index (χ4v) is 3.83. The largest absolute Gasteiger partial charge is 0.455 e. The van der Waals surface area contributed by atoms with E-state index in [4.69, 9.17) is 27.9 Å². The van der Waals surface area contributed by atoms with E-state index in [0.29, 0.717) is 16.3 Å². The van der Waals surface area contributed by atoms with Gasteiger partial charge in [-0.15, -0.1) is 0 Å². The van der Waals surface area contributed by atoms with E-state index in [1.807, 2.05) is 0 Å². The molecule has 0 unspecified atom stereocenters. The van der Waals surface area contributed by atoms with Crippen LogP contribution in [0.1, 0.15) is 22.0 Å². The number of aromatic nitrogens is 3. The van der Waals surface area contributed by atoms with Crippen LogP contribution in [-0.2, 0) is 5.72 Å². The molecule has 0 saturated carbocycles. The molecular weight excluding hydrogens is 445 g/mol. The average Bonchev–Trinajstić information content (AvgIpc) is 3.22. The summed E-state index contributed by atoms with van der Waals surface area (Å²) in [6.07, 6.45) is 1.25. The highest BCUT2D eigenvalue weighted by molar-refractivity contribution is 9.10. The van der Waals surface area contributed by atoms with Gasteiger partial charge in [0.2, 0.25) is 5.78 Å². The molecule has 1 aliphatic rings. The summed E-state index contributed by atoms with van der Waals surface area (Å²) in [5.74, 6) is -0.195. The van der Waals surface area contributed by atoms with Gasteiger partial charge in [0.15, 0.2) is 6.10 Å². The summed E-state index contributed by atoms with van der Waals surface area (Å²) in [5.41, 5.74) is -1.26. The van der Waals surface area contributed by atoms with Crippen molar-refractivity contribution in [3.8, 4) is 5.75 Å². The van der Waals surface area contributed by atoms with Crippen molar-refractivity contribution in [2.24, 2.45) is 0 Å². The number of aliphatic hydroxyl groups excluding tert-OH is 1. The zero-order valence-corrected chi connectivity index (χ0v) is 16.0. The smallest absolute Gasteiger partial charge is 0.296 e. The number of carbonyl (C=O) groups excluding carboxylic acids is 1. The van der Waals surface area contributed by atoms with Crippen molar-refractivity contribution in [3.63, 3.8) is 0 Å². The Morgan fingerprint density at radius 1 is 1.27 bits per heavy atom. The van der Waals surface area contributed by atoms with Gasteiger partial charge in [0.05, 0.1) is 5.02 Å². The minimum absolute atomic E-state index is 0.148. The Morgan fingerprint density at radius 2 is 2.08 bits per heavy atom. The van der Waals surface area contributed by atoms with Gasteiger partial charge < -0.3 is 9.84 Å². The molecule has 9 heteroatoms. The highest BCUT2D eigenvalue weighted by Gasteiger charge is 2.57. The van der Waals surface area contributed by atoms with Crippen LogP contribution in [0.3, 0.4) is 0 Å². The Bertz CT molecular complexity index is 1010. The number of fused-ring (bicyclic) bond motifs is 1. The lowest BCUT2D eigenvalue weighted by molar-refractivity contribution is -0.0685. The van der Waals surface area contributed by atoms with Crippen LogP contribution >= 0.6 is 39.1 Å². The maximum atomic E-state index is 13.5. The van der Waals surface area contributed by atoms with Crippen molar-refractivity contribution >= 4 is 44.9 Å². The van der Waals surface area contributed by atoms with E-state index >= 15 is 0 Å². The lowest BCUT2D eigenvalue weighted by atomic mass is 9.93. The summed E-state index contributed by atoms with van der Waals surface area (Å²) in [6.45, 7) is 0. The Balaban J connectivity index is 1.91. The van der Waals surface area contributed by atoms with Crippen molar-refractivity contribution in [1.82, 2.24) is 14.8 Å². The predicted octanol–water partition coefficient (Wildman–Crippen LogP) is 4.01. The van der Waals surface area contributed by atoms with E-state index in [0.717, 1.165) is 4.47 Å². The monoisotopic (exact) mass is 453 g/mol. The van der Waals surface area contributed by atoms with Crippen LogP contribution in [0.25, 0.3) is 0 Å². The first kappa shape index (κ1) is 17.5. The Kier molecular flexibility index (Phi) is 4.27. The highest BCUT2D eigenvalue weighted by Crippen LogP contribution is 2.48. The third kappa shape index (κ3) is 2.54. The molecule has 2 heterocycles. The molecule has 0 bridgehead atoms. The molecule has 1 N–H and O–H groups in total. The van der Waals surface area contributed by atoms with Crippen molar-refractivity contribution in [1.29, 1.82) is 0 Å². The third-order valence-electron chi connectivity index (χ3n) is 4.16. The van der Waals surface area contributed by atoms with Gasteiger partial charge in [-0.2, -0.15) is 5.10 Å². The second-order valence-corrected chi connectivity index (χ2v) is 7.44. The summed E-state index contributed by atoms with van der Waals surface area (Å²) >= 11 is 15.5. The number of Topliss-reactive ketones (excluding diaryl/α,β-unsaturated/α-hetero) is 1. The molecule has 132 valence electrons. The molecule has 1 aliphatic heterocycles. The first-order valence-corrected chi connectivity index (χ1v) is 9.00. The van der Waals surface area contributed by atoms with Crippen LogP contribution in [0.5, 0.6) is 5.75 Å². The molecule has 0 saturated heterocycles. The molecule has 26 heavy (non-hydrogen) atoms. The Morgan fingerprint density at radius 3 is 2.77 bits per heavy atom. The van der Waals surface area contributed by atoms with E-state index in [9.17, 15) is 9.90 Å². The number of nitrogens with zero attached hydrogens (tertiary/aromatic N) is 3. The van der Waals surface area contributed by atoms with Crippen LogP contribution < -0.4 is 4.74 Å². The second-order valence-electron chi connectivity index (χ2n) is 5.68. The van der Waals surface area contributed by atoms with Gasteiger partial charge in [-0.25, -0.2) is 9.67 Å².